The zero-order valence-electron chi connectivity index (χ0n) is 13.8. The van der Waals surface area contributed by atoms with Gasteiger partial charge in [0.2, 0.25) is 0 Å². The van der Waals surface area contributed by atoms with Crippen LogP contribution in [-0.2, 0) is 10.3 Å². The molecule has 0 unspecified atom stereocenters. The predicted octanol–water partition coefficient (Wildman–Crippen LogP) is 3.54. The normalized spacial score (nSPS) is 12.5. The Morgan fingerprint density at radius 1 is 1.32 bits per heavy atom. The first-order valence-electron chi connectivity index (χ1n) is 7.14. The summed E-state index contributed by atoms with van der Waals surface area (Å²) in [5, 5.41) is 2.78. The largest absolute Gasteiger partial charge is 0.444 e. The fourth-order valence-corrected chi connectivity index (χ4v) is 2.30. The summed E-state index contributed by atoms with van der Waals surface area (Å²) in [6, 6.07) is 1.45. The minimum Gasteiger partial charge on any atom is -0.444 e. The van der Waals surface area contributed by atoms with Gasteiger partial charge in [-0.05, 0) is 53.2 Å². The van der Waals surface area contributed by atoms with Crippen LogP contribution in [0.3, 0.4) is 0 Å². The highest BCUT2D eigenvalue weighted by molar-refractivity contribution is 5.69. The lowest BCUT2D eigenvalue weighted by molar-refractivity contribution is 0.0466. The van der Waals surface area contributed by atoms with Gasteiger partial charge in [0, 0.05) is 6.20 Å². The predicted molar refractivity (Wildman–Crippen MR) is 82.3 cm³/mol. The number of rotatable bonds is 2. The molecule has 0 atom stereocenters. The number of alkyl carbamates (subject to hydrolysis) is 1. The fourth-order valence-electron chi connectivity index (χ4n) is 2.30. The van der Waals surface area contributed by atoms with Crippen LogP contribution in [0.4, 0.5) is 9.18 Å². The molecule has 0 aliphatic carbocycles. The van der Waals surface area contributed by atoms with E-state index in [0.717, 1.165) is 11.1 Å². The van der Waals surface area contributed by atoms with Gasteiger partial charge in [-0.25, -0.2) is 14.2 Å². The first-order chi connectivity index (χ1) is 9.99. The van der Waals surface area contributed by atoms with Crippen LogP contribution >= 0.6 is 0 Å². The van der Waals surface area contributed by atoms with Gasteiger partial charge >= 0.3 is 6.09 Å². The molecule has 22 heavy (non-hydrogen) atoms. The number of aromatic nitrogens is 2. The first-order valence-corrected chi connectivity index (χ1v) is 7.14. The summed E-state index contributed by atoms with van der Waals surface area (Å²) in [6.45, 7) is 10.8. The minimum atomic E-state index is -0.811. The Morgan fingerprint density at radius 3 is 2.55 bits per heavy atom. The Kier molecular flexibility index (Phi) is 3.89. The van der Waals surface area contributed by atoms with Crippen molar-refractivity contribution in [3.63, 3.8) is 0 Å². The molecule has 2 aromatic heterocycles. The molecular weight excluding hydrogens is 285 g/mol. The third kappa shape index (κ3) is 3.37. The van der Waals surface area contributed by atoms with Gasteiger partial charge in [-0.1, -0.05) is 0 Å². The fraction of sp³-hybridized carbons (Fsp3) is 0.500. The summed E-state index contributed by atoms with van der Waals surface area (Å²) in [4.78, 5) is 16.3. The summed E-state index contributed by atoms with van der Waals surface area (Å²) in [7, 11) is 0. The molecule has 2 heterocycles. The smallest absolute Gasteiger partial charge is 0.408 e. The monoisotopic (exact) mass is 307 g/mol. The van der Waals surface area contributed by atoms with E-state index in [4.69, 9.17) is 4.74 Å². The quantitative estimate of drug-likeness (QED) is 0.923. The first kappa shape index (κ1) is 16.3. The number of aryl methyl sites for hydroxylation is 1. The van der Waals surface area contributed by atoms with E-state index < -0.39 is 17.2 Å². The molecule has 0 aliphatic heterocycles. The molecular formula is C16H22FN3O2. The summed E-state index contributed by atoms with van der Waals surface area (Å²) < 4.78 is 20.6. The summed E-state index contributed by atoms with van der Waals surface area (Å²) in [5.74, 6) is 0.188. The molecule has 0 aromatic carbocycles. The molecule has 0 saturated heterocycles. The number of carbonyl (C=O) groups is 1. The van der Waals surface area contributed by atoms with Crippen LogP contribution in [0.1, 0.15) is 46.0 Å². The van der Waals surface area contributed by atoms with Crippen molar-refractivity contribution in [1.29, 1.82) is 0 Å². The molecule has 2 aromatic rings. The van der Waals surface area contributed by atoms with Gasteiger partial charge in [-0.2, -0.15) is 0 Å². The molecule has 1 N–H and O–H groups in total. The van der Waals surface area contributed by atoms with Crippen molar-refractivity contribution in [2.45, 2.75) is 52.7 Å². The van der Waals surface area contributed by atoms with Crippen LogP contribution in [0.2, 0.25) is 0 Å². The van der Waals surface area contributed by atoms with Crippen LogP contribution in [0.5, 0.6) is 0 Å². The van der Waals surface area contributed by atoms with Crippen molar-refractivity contribution in [3.8, 4) is 0 Å². The number of hydrogen-bond donors (Lipinski definition) is 1. The number of nitrogens with one attached hydrogen (secondary N) is 1. The Balaban J connectivity index is 2.36. The third-order valence-corrected chi connectivity index (χ3v) is 3.18. The zero-order chi connectivity index (χ0) is 16.7. The Labute approximate surface area is 129 Å². The summed E-state index contributed by atoms with van der Waals surface area (Å²) in [5.41, 5.74) is 0.189. The highest BCUT2D eigenvalue weighted by Crippen LogP contribution is 2.23. The van der Waals surface area contributed by atoms with Crippen molar-refractivity contribution in [2.75, 3.05) is 0 Å². The van der Waals surface area contributed by atoms with Gasteiger partial charge in [0.1, 0.15) is 17.2 Å². The minimum absolute atomic E-state index is 0.350. The van der Waals surface area contributed by atoms with E-state index >= 15 is 0 Å². The van der Waals surface area contributed by atoms with Gasteiger partial charge in [0.25, 0.3) is 0 Å². The van der Waals surface area contributed by atoms with E-state index in [9.17, 15) is 9.18 Å². The molecule has 0 spiro atoms. The van der Waals surface area contributed by atoms with Gasteiger partial charge in [-0.3, -0.25) is 4.40 Å². The lowest BCUT2D eigenvalue weighted by Crippen LogP contribution is -2.44. The average molecular weight is 307 g/mol. The molecule has 0 saturated carbocycles. The third-order valence-electron chi connectivity index (χ3n) is 3.18. The zero-order valence-corrected chi connectivity index (χ0v) is 13.8. The van der Waals surface area contributed by atoms with Crippen LogP contribution in [-0.4, -0.2) is 21.1 Å². The number of pyridine rings is 1. The van der Waals surface area contributed by atoms with Crippen molar-refractivity contribution < 1.29 is 13.9 Å². The average Bonchev–Trinajstić information content (AvgIpc) is 2.69. The second-order valence-corrected chi connectivity index (χ2v) is 6.93. The maximum absolute atomic E-state index is 13.7. The van der Waals surface area contributed by atoms with Crippen molar-refractivity contribution >= 4 is 11.6 Å². The maximum Gasteiger partial charge on any atom is 0.408 e. The van der Waals surface area contributed by atoms with Crippen molar-refractivity contribution in [3.05, 3.63) is 35.7 Å². The lowest BCUT2D eigenvalue weighted by atomic mass is 10.1. The number of imidazole rings is 1. The van der Waals surface area contributed by atoms with E-state index in [0.29, 0.717) is 5.82 Å². The highest BCUT2D eigenvalue weighted by atomic mass is 19.1. The van der Waals surface area contributed by atoms with Gasteiger partial charge in [0.15, 0.2) is 0 Å². The standard InChI is InChI=1S/C16H22FN3O2/c1-10-7-11(17)9-20-12(10)8-18-13(20)16(5,6)19-14(21)22-15(2,3)4/h7-9H,1-6H3,(H,19,21). The number of halogens is 1. The number of hydrogen-bond acceptors (Lipinski definition) is 3. The number of carbonyl (C=O) groups excluding carboxylic acids is 1. The molecule has 0 aliphatic rings. The lowest BCUT2D eigenvalue weighted by Gasteiger charge is -2.27. The second kappa shape index (κ2) is 5.26. The molecule has 120 valence electrons. The SMILES string of the molecule is Cc1cc(F)cn2c(C(C)(C)NC(=O)OC(C)(C)C)ncc12. The molecule has 0 fully saturated rings. The van der Waals surface area contributed by atoms with E-state index in [1.807, 2.05) is 6.92 Å². The number of fused-ring (bicyclic) bond motifs is 1. The topological polar surface area (TPSA) is 55.6 Å². The van der Waals surface area contributed by atoms with E-state index in [2.05, 4.69) is 10.3 Å². The molecule has 0 radical (unpaired) electrons. The van der Waals surface area contributed by atoms with Gasteiger partial charge < -0.3 is 10.1 Å². The van der Waals surface area contributed by atoms with E-state index in [1.165, 1.54) is 12.3 Å². The molecule has 6 heteroatoms. The van der Waals surface area contributed by atoms with Crippen LogP contribution in [0.15, 0.2) is 18.5 Å². The van der Waals surface area contributed by atoms with E-state index in [1.54, 1.807) is 45.2 Å². The molecule has 5 nitrogen and oxygen atoms in total. The number of amides is 1. The number of ether oxygens (including phenoxy) is 1. The summed E-state index contributed by atoms with van der Waals surface area (Å²) >= 11 is 0. The Bertz CT molecular complexity index is 714. The van der Waals surface area contributed by atoms with Crippen LogP contribution < -0.4 is 5.32 Å². The van der Waals surface area contributed by atoms with Crippen LogP contribution in [0, 0.1) is 12.7 Å². The van der Waals surface area contributed by atoms with Crippen LogP contribution in [0.25, 0.3) is 5.52 Å². The number of nitrogens with zero attached hydrogens (tertiary/aromatic N) is 2. The Morgan fingerprint density at radius 2 is 1.95 bits per heavy atom. The second-order valence-electron chi connectivity index (χ2n) is 6.93. The van der Waals surface area contributed by atoms with Gasteiger partial charge in [-0.15, -0.1) is 0 Å². The molecule has 0 bridgehead atoms. The molecule has 2 rings (SSSR count). The van der Waals surface area contributed by atoms with Crippen molar-refractivity contribution in [2.24, 2.45) is 0 Å². The van der Waals surface area contributed by atoms with E-state index in [-0.39, 0.29) is 5.82 Å². The van der Waals surface area contributed by atoms with Gasteiger partial charge in [0.05, 0.1) is 17.3 Å². The Hall–Kier alpha value is -2.11. The molecule has 1 amide bonds. The van der Waals surface area contributed by atoms with Crippen molar-refractivity contribution in [1.82, 2.24) is 14.7 Å². The summed E-state index contributed by atoms with van der Waals surface area (Å²) in [6.07, 6.45) is 2.49. The maximum atomic E-state index is 13.7. The highest BCUT2D eigenvalue weighted by Gasteiger charge is 2.30.